The molecule has 2 rings (SSSR count). The summed E-state index contributed by atoms with van der Waals surface area (Å²) >= 11 is 0. The zero-order chi connectivity index (χ0) is 14.5. The fraction of sp³-hybridized carbons (Fsp3) is 0.267. The Kier molecular flexibility index (Phi) is 4.42. The number of aromatic carboxylic acids is 1. The van der Waals surface area contributed by atoms with Crippen LogP contribution in [0.3, 0.4) is 0 Å². The van der Waals surface area contributed by atoms with Crippen LogP contribution < -0.4 is 10.1 Å². The number of rotatable bonds is 6. The maximum Gasteiger partial charge on any atom is 0.371 e. The van der Waals surface area contributed by atoms with Gasteiger partial charge in [-0.3, -0.25) is 0 Å². The second kappa shape index (κ2) is 6.25. The summed E-state index contributed by atoms with van der Waals surface area (Å²) in [6.07, 6.45) is 0. The lowest BCUT2D eigenvalue weighted by Gasteiger charge is -2.16. The Bertz CT molecular complexity index is 591. The molecule has 0 unspecified atom stereocenters. The number of nitrogens with one attached hydrogen (secondary N) is 1. The molecule has 1 heterocycles. The Labute approximate surface area is 117 Å². The fourth-order valence-corrected chi connectivity index (χ4v) is 1.98. The lowest BCUT2D eigenvalue weighted by atomic mass is 10.1. The van der Waals surface area contributed by atoms with Gasteiger partial charge in [0.1, 0.15) is 11.5 Å². The molecule has 20 heavy (non-hydrogen) atoms. The molecule has 0 fully saturated rings. The molecule has 0 aliphatic carbocycles. The number of carboxylic acid groups (broad SMARTS) is 1. The van der Waals surface area contributed by atoms with Gasteiger partial charge >= 0.3 is 5.97 Å². The van der Waals surface area contributed by atoms with E-state index in [0.717, 1.165) is 11.3 Å². The number of hydrogen-bond donors (Lipinski definition) is 2. The highest BCUT2D eigenvalue weighted by Crippen LogP contribution is 2.24. The second-order valence-corrected chi connectivity index (χ2v) is 4.42. The molecule has 0 radical (unpaired) electrons. The van der Waals surface area contributed by atoms with E-state index in [1.54, 1.807) is 13.2 Å². The van der Waals surface area contributed by atoms with Crippen molar-refractivity contribution in [3.05, 3.63) is 53.5 Å². The van der Waals surface area contributed by atoms with Crippen LogP contribution in [0.5, 0.6) is 5.75 Å². The van der Waals surface area contributed by atoms with Crippen LogP contribution in [0.25, 0.3) is 0 Å². The molecule has 0 aliphatic rings. The van der Waals surface area contributed by atoms with Gasteiger partial charge in [0, 0.05) is 11.6 Å². The van der Waals surface area contributed by atoms with Crippen molar-refractivity contribution in [2.75, 3.05) is 7.11 Å². The Hall–Kier alpha value is -2.27. The van der Waals surface area contributed by atoms with Gasteiger partial charge in [0.05, 0.1) is 13.7 Å². The van der Waals surface area contributed by atoms with E-state index in [2.05, 4.69) is 5.32 Å². The van der Waals surface area contributed by atoms with Crippen LogP contribution in [0, 0.1) is 0 Å². The van der Waals surface area contributed by atoms with E-state index in [-0.39, 0.29) is 11.8 Å². The molecule has 1 atom stereocenters. The summed E-state index contributed by atoms with van der Waals surface area (Å²) in [5.74, 6) is 0.295. The number of carbonyl (C=O) groups is 1. The van der Waals surface area contributed by atoms with Crippen molar-refractivity contribution in [2.24, 2.45) is 0 Å². The van der Waals surface area contributed by atoms with Crippen LogP contribution in [-0.4, -0.2) is 18.2 Å². The molecular weight excluding hydrogens is 258 g/mol. The van der Waals surface area contributed by atoms with Gasteiger partial charge in [-0.05, 0) is 25.1 Å². The summed E-state index contributed by atoms with van der Waals surface area (Å²) in [6.45, 7) is 2.46. The highest BCUT2D eigenvalue weighted by molar-refractivity contribution is 5.84. The minimum absolute atomic E-state index is 0.0493. The third-order valence-corrected chi connectivity index (χ3v) is 3.06. The molecule has 1 aromatic heterocycles. The van der Waals surface area contributed by atoms with Gasteiger partial charge in [-0.2, -0.15) is 0 Å². The number of furan rings is 1. The summed E-state index contributed by atoms with van der Waals surface area (Å²) in [4.78, 5) is 10.7. The third-order valence-electron chi connectivity index (χ3n) is 3.06. The van der Waals surface area contributed by atoms with Crippen molar-refractivity contribution in [1.82, 2.24) is 5.32 Å². The molecule has 0 bridgehead atoms. The molecule has 0 aliphatic heterocycles. The van der Waals surface area contributed by atoms with Crippen molar-refractivity contribution in [3.63, 3.8) is 0 Å². The summed E-state index contributed by atoms with van der Waals surface area (Å²) in [5.41, 5.74) is 1.04. The van der Waals surface area contributed by atoms with Crippen LogP contribution in [0.4, 0.5) is 0 Å². The topological polar surface area (TPSA) is 71.7 Å². The van der Waals surface area contributed by atoms with Crippen LogP contribution >= 0.6 is 0 Å². The smallest absolute Gasteiger partial charge is 0.371 e. The zero-order valence-corrected chi connectivity index (χ0v) is 11.4. The maximum absolute atomic E-state index is 10.7. The van der Waals surface area contributed by atoms with Crippen molar-refractivity contribution < 1.29 is 19.1 Å². The van der Waals surface area contributed by atoms with Crippen molar-refractivity contribution in [3.8, 4) is 5.75 Å². The van der Waals surface area contributed by atoms with Gasteiger partial charge in [0.25, 0.3) is 0 Å². The molecule has 0 spiro atoms. The predicted octanol–water partition coefficient (Wildman–Crippen LogP) is 2.84. The van der Waals surface area contributed by atoms with Crippen molar-refractivity contribution in [2.45, 2.75) is 19.5 Å². The fourth-order valence-electron chi connectivity index (χ4n) is 1.98. The van der Waals surface area contributed by atoms with E-state index in [1.807, 2.05) is 31.2 Å². The SMILES string of the molecule is COc1ccccc1[C@@H](C)NCc1ccc(C(=O)O)o1. The van der Waals surface area contributed by atoms with Crippen LogP contribution in [0.15, 0.2) is 40.8 Å². The molecule has 2 N–H and O–H groups in total. The van der Waals surface area contributed by atoms with E-state index in [0.29, 0.717) is 12.3 Å². The summed E-state index contributed by atoms with van der Waals surface area (Å²) < 4.78 is 10.5. The minimum atomic E-state index is -1.06. The highest BCUT2D eigenvalue weighted by atomic mass is 16.5. The van der Waals surface area contributed by atoms with Gasteiger partial charge in [-0.25, -0.2) is 4.79 Å². The average Bonchev–Trinajstić information content (AvgIpc) is 2.94. The maximum atomic E-state index is 10.7. The van der Waals surface area contributed by atoms with Gasteiger partial charge in [-0.1, -0.05) is 18.2 Å². The molecule has 5 nitrogen and oxygen atoms in total. The molecule has 1 aromatic carbocycles. The number of carboxylic acids is 1. The normalized spacial score (nSPS) is 12.1. The first-order chi connectivity index (χ1) is 9.61. The largest absolute Gasteiger partial charge is 0.496 e. The van der Waals surface area contributed by atoms with Crippen LogP contribution in [-0.2, 0) is 6.54 Å². The minimum Gasteiger partial charge on any atom is -0.496 e. The first kappa shape index (κ1) is 14.1. The van der Waals surface area contributed by atoms with Gasteiger partial charge in [-0.15, -0.1) is 0 Å². The quantitative estimate of drug-likeness (QED) is 0.848. The predicted molar refractivity (Wildman–Crippen MR) is 73.9 cm³/mol. The Balaban J connectivity index is 2.00. The Morgan fingerprint density at radius 2 is 2.10 bits per heavy atom. The van der Waals surface area contributed by atoms with Crippen molar-refractivity contribution in [1.29, 1.82) is 0 Å². The molecule has 5 heteroatoms. The summed E-state index contributed by atoms with van der Waals surface area (Å²) in [6, 6.07) is 10.9. The first-order valence-corrected chi connectivity index (χ1v) is 6.30. The number of methoxy groups -OCH3 is 1. The van der Waals surface area contributed by atoms with Crippen molar-refractivity contribution >= 4 is 5.97 Å². The Morgan fingerprint density at radius 3 is 2.75 bits per heavy atom. The number of para-hydroxylation sites is 1. The molecule has 2 aromatic rings. The van der Waals surface area contributed by atoms with Crippen LogP contribution in [0.2, 0.25) is 0 Å². The van der Waals surface area contributed by atoms with Gasteiger partial charge in [0.2, 0.25) is 5.76 Å². The molecule has 0 saturated carbocycles. The highest BCUT2D eigenvalue weighted by Gasteiger charge is 2.12. The van der Waals surface area contributed by atoms with E-state index in [4.69, 9.17) is 14.3 Å². The van der Waals surface area contributed by atoms with Gasteiger partial charge < -0.3 is 19.6 Å². The standard InChI is InChI=1S/C15H17NO4/c1-10(12-5-3-4-6-13(12)19-2)16-9-11-7-8-14(20-11)15(17)18/h3-8,10,16H,9H2,1-2H3,(H,17,18)/t10-/m1/s1. The van der Waals surface area contributed by atoms with Crippen LogP contribution in [0.1, 0.15) is 34.8 Å². The number of hydrogen-bond acceptors (Lipinski definition) is 4. The monoisotopic (exact) mass is 275 g/mol. The lowest BCUT2D eigenvalue weighted by molar-refractivity contribution is 0.0660. The lowest BCUT2D eigenvalue weighted by Crippen LogP contribution is -2.18. The molecular formula is C15H17NO4. The molecule has 0 amide bonds. The Morgan fingerprint density at radius 1 is 1.35 bits per heavy atom. The average molecular weight is 275 g/mol. The second-order valence-electron chi connectivity index (χ2n) is 4.42. The first-order valence-electron chi connectivity index (χ1n) is 6.30. The number of benzene rings is 1. The molecule has 0 saturated heterocycles. The van der Waals surface area contributed by atoms with E-state index in [1.165, 1.54) is 6.07 Å². The number of ether oxygens (including phenoxy) is 1. The van der Waals surface area contributed by atoms with Gasteiger partial charge in [0.15, 0.2) is 0 Å². The zero-order valence-electron chi connectivity index (χ0n) is 11.4. The van der Waals surface area contributed by atoms with E-state index >= 15 is 0 Å². The summed E-state index contributed by atoms with van der Waals surface area (Å²) in [5, 5.41) is 12.1. The molecule has 106 valence electrons. The summed E-state index contributed by atoms with van der Waals surface area (Å²) in [7, 11) is 1.64. The van der Waals surface area contributed by atoms with E-state index in [9.17, 15) is 4.79 Å². The van der Waals surface area contributed by atoms with E-state index < -0.39 is 5.97 Å². The third kappa shape index (κ3) is 3.19.